The van der Waals surface area contributed by atoms with Crippen molar-refractivity contribution in [1.82, 2.24) is 0 Å². The number of hydrogen-bond donors (Lipinski definition) is 1. The minimum Gasteiger partial charge on any atom is -0.462 e. The van der Waals surface area contributed by atoms with Gasteiger partial charge in [0.2, 0.25) is 0 Å². The molecule has 0 bridgehead atoms. The fourth-order valence-electron chi connectivity index (χ4n) is 1.87. The van der Waals surface area contributed by atoms with Gasteiger partial charge in [0.15, 0.2) is 11.5 Å². The molecule has 0 aliphatic carbocycles. The molecule has 5 heteroatoms. The van der Waals surface area contributed by atoms with Crippen LogP contribution in [-0.4, -0.2) is 18.7 Å². The molecule has 0 fully saturated rings. The lowest BCUT2D eigenvalue weighted by molar-refractivity contribution is -0.110. The Balaban J connectivity index is 2.09. The third-order valence-corrected chi connectivity index (χ3v) is 2.72. The molecule has 0 saturated heterocycles. The second-order valence-corrected chi connectivity index (χ2v) is 3.92. The molecule has 3 rings (SSSR count). The van der Waals surface area contributed by atoms with Crippen molar-refractivity contribution < 1.29 is 9.21 Å². The largest absolute Gasteiger partial charge is 0.462 e. The van der Waals surface area contributed by atoms with E-state index in [9.17, 15) is 4.79 Å². The van der Waals surface area contributed by atoms with Gasteiger partial charge in [-0.15, -0.1) is 0 Å². The molecule has 1 amide bonds. The summed E-state index contributed by atoms with van der Waals surface area (Å²) in [6.07, 6.45) is 1.52. The summed E-state index contributed by atoms with van der Waals surface area (Å²) in [5, 5.41) is 8.76. The molecule has 90 valence electrons. The molecule has 0 saturated carbocycles. The standard InChI is InChI=1S/C13H11N3O2/c1-16-10-6-3-2-5-9(10)14-13(17)12(15-16)11-7-4-8-18-11/h2-8H,1H3,(H,14,17). The number of hydrazone groups is 1. The molecule has 1 aromatic heterocycles. The van der Waals surface area contributed by atoms with Gasteiger partial charge in [-0.05, 0) is 24.3 Å². The fourth-order valence-corrected chi connectivity index (χ4v) is 1.87. The van der Waals surface area contributed by atoms with Crippen molar-refractivity contribution in [2.24, 2.45) is 5.10 Å². The van der Waals surface area contributed by atoms with Crippen LogP contribution in [-0.2, 0) is 4.79 Å². The first-order valence-corrected chi connectivity index (χ1v) is 5.52. The summed E-state index contributed by atoms with van der Waals surface area (Å²) in [5.74, 6) is 0.175. The van der Waals surface area contributed by atoms with Crippen LogP contribution >= 0.6 is 0 Å². The molecule has 1 N–H and O–H groups in total. The fraction of sp³-hybridized carbons (Fsp3) is 0.0769. The maximum Gasteiger partial charge on any atom is 0.280 e. The van der Waals surface area contributed by atoms with Gasteiger partial charge in [0.25, 0.3) is 5.91 Å². The first-order chi connectivity index (χ1) is 8.75. The van der Waals surface area contributed by atoms with E-state index in [1.807, 2.05) is 24.3 Å². The van der Waals surface area contributed by atoms with Crippen LogP contribution in [0.3, 0.4) is 0 Å². The number of para-hydroxylation sites is 2. The number of furan rings is 1. The number of hydrogen-bond acceptors (Lipinski definition) is 4. The quantitative estimate of drug-likeness (QED) is 0.831. The first-order valence-electron chi connectivity index (χ1n) is 5.52. The van der Waals surface area contributed by atoms with E-state index in [2.05, 4.69) is 10.4 Å². The molecule has 0 radical (unpaired) electrons. The lowest BCUT2D eigenvalue weighted by atomic mass is 10.2. The van der Waals surface area contributed by atoms with Crippen LogP contribution in [0.5, 0.6) is 0 Å². The predicted octanol–water partition coefficient (Wildman–Crippen LogP) is 2.07. The Hall–Kier alpha value is -2.56. The number of anilines is 2. The predicted molar refractivity (Wildman–Crippen MR) is 68.7 cm³/mol. The Labute approximate surface area is 104 Å². The number of rotatable bonds is 1. The molecule has 1 aliphatic heterocycles. The van der Waals surface area contributed by atoms with E-state index in [4.69, 9.17) is 4.42 Å². The second-order valence-electron chi connectivity index (χ2n) is 3.92. The van der Waals surface area contributed by atoms with Gasteiger partial charge in [0, 0.05) is 7.05 Å². The number of nitrogens with one attached hydrogen (secondary N) is 1. The molecule has 1 aliphatic rings. The van der Waals surface area contributed by atoms with E-state index in [1.165, 1.54) is 6.26 Å². The van der Waals surface area contributed by atoms with Gasteiger partial charge in [-0.2, -0.15) is 5.10 Å². The van der Waals surface area contributed by atoms with Gasteiger partial charge in [-0.1, -0.05) is 12.1 Å². The molecule has 18 heavy (non-hydrogen) atoms. The van der Waals surface area contributed by atoms with Crippen molar-refractivity contribution >= 4 is 23.0 Å². The number of carbonyl (C=O) groups is 1. The van der Waals surface area contributed by atoms with Gasteiger partial charge < -0.3 is 9.73 Å². The molecule has 2 aromatic rings. The van der Waals surface area contributed by atoms with E-state index >= 15 is 0 Å². The van der Waals surface area contributed by atoms with Crippen LogP contribution in [0, 0.1) is 0 Å². The van der Waals surface area contributed by atoms with Crippen molar-refractivity contribution in [1.29, 1.82) is 0 Å². The van der Waals surface area contributed by atoms with E-state index in [0.717, 1.165) is 11.4 Å². The molecule has 0 unspecified atom stereocenters. The topological polar surface area (TPSA) is 57.8 Å². The van der Waals surface area contributed by atoms with Gasteiger partial charge in [0.1, 0.15) is 0 Å². The van der Waals surface area contributed by atoms with Gasteiger partial charge in [-0.3, -0.25) is 9.80 Å². The number of benzene rings is 1. The maximum absolute atomic E-state index is 12.1. The Morgan fingerprint density at radius 3 is 2.83 bits per heavy atom. The van der Waals surface area contributed by atoms with Crippen LogP contribution < -0.4 is 10.3 Å². The molecule has 1 aromatic carbocycles. The van der Waals surface area contributed by atoms with E-state index in [0.29, 0.717) is 5.76 Å². The van der Waals surface area contributed by atoms with Crippen LogP contribution in [0.4, 0.5) is 11.4 Å². The van der Waals surface area contributed by atoms with E-state index < -0.39 is 0 Å². The lowest BCUT2D eigenvalue weighted by Crippen LogP contribution is -2.23. The number of carbonyl (C=O) groups excluding carboxylic acids is 1. The van der Waals surface area contributed by atoms with Crippen LogP contribution in [0.1, 0.15) is 5.76 Å². The number of nitrogens with zero attached hydrogens (tertiary/aromatic N) is 2. The van der Waals surface area contributed by atoms with Crippen molar-refractivity contribution in [3.05, 3.63) is 48.4 Å². The van der Waals surface area contributed by atoms with Crippen molar-refractivity contribution in [3.63, 3.8) is 0 Å². The monoisotopic (exact) mass is 241 g/mol. The average molecular weight is 241 g/mol. The highest BCUT2D eigenvalue weighted by Crippen LogP contribution is 2.27. The van der Waals surface area contributed by atoms with Crippen molar-refractivity contribution in [3.8, 4) is 0 Å². The third-order valence-electron chi connectivity index (χ3n) is 2.72. The normalized spacial score (nSPS) is 14.6. The highest BCUT2D eigenvalue weighted by Gasteiger charge is 2.23. The average Bonchev–Trinajstić information content (AvgIpc) is 2.85. The summed E-state index contributed by atoms with van der Waals surface area (Å²) in [6, 6.07) is 10.9. The van der Waals surface area contributed by atoms with E-state index in [-0.39, 0.29) is 11.6 Å². The summed E-state index contributed by atoms with van der Waals surface area (Å²) in [7, 11) is 1.79. The highest BCUT2D eigenvalue weighted by atomic mass is 16.3. The molecule has 2 heterocycles. The lowest BCUT2D eigenvalue weighted by Gasteiger charge is -2.13. The Morgan fingerprint density at radius 2 is 2.06 bits per heavy atom. The van der Waals surface area contributed by atoms with Crippen molar-refractivity contribution in [2.75, 3.05) is 17.4 Å². The zero-order chi connectivity index (χ0) is 12.5. The summed E-state index contributed by atoms with van der Waals surface area (Å²) >= 11 is 0. The molecule has 0 atom stereocenters. The van der Waals surface area contributed by atoms with Gasteiger partial charge >= 0.3 is 0 Å². The Kier molecular flexibility index (Phi) is 2.37. The molecular formula is C13H11N3O2. The zero-order valence-electron chi connectivity index (χ0n) is 9.75. The smallest absolute Gasteiger partial charge is 0.280 e. The van der Waals surface area contributed by atoms with Crippen LogP contribution in [0.25, 0.3) is 0 Å². The SMILES string of the molecule is CN1N=C(c2ccco2)C(=O)Nc2ccccc21. The third kappa shape index (κ3) is 1.66. The Morgan fingerprint density at radius 1 is 1.22 bits per heavy atom. The summed E-state index contributed by atoms with van der Waals surface area (Å²) < 4.78 is 5.23. The summed E-state index contributed by atoms with van der Waals surface area (Å²) in [6.45, 7) is 0. The second kappa shape index (κ2) is 4.03. The maximum atomic E-state index is 12.1. The minimum atomic E-state index is -0.276. The van der Waals surface area contributed by atoms with Gasteiger partial charge in [0.05, 0.1) is 17.6 Å². The number of fused-ring (bicyclic) bond motifs is 1. The molecule has 0 spiro atoms. The van der Waals surface area contributed by atoms with Crippen LogP contribution in [0.2, 0.25) is 0 Å². The highest BCUT2D eigenvalue weighted by molar-refractivity contribution is 6.48. The van der Waals surface area contributed by atoms with Crippen LogP contribution in [0.15, 0.2) is 52.2 Å². The summed E-state index contributed by atoms with van der Waals surface area (Å²) in [5.41, 5.74) is 1.83. The number of amides is 1. The first kappa shape index (κ1) is 10.6. The minimum absolute atomic E-state index is 0.263. The Bertz CT molecular complexity index is 617. The molecular weight excluding hydrogens is 230 g/mol. The molecule has 5 nitrogen and oxygen atoms in total. The summed E-state index contributed by atoms with van der Waals surface area (Å²) in [4.78, 5) is 12.1. The zero-order valence-corrected chi connectivity index (χ0v) is 9.75. The van der Waals surface area contributed by atoms with Crippen molar-refractivity contribution in [2.45, 2.75) is 0 Å². The van der Waals surface area contributed by atoms with Gasteiger partial charge in [-0.25, -0.2) is 0 Å². The van der Waals surface area contributed by atoms with E-state index in [1.54, 1.807) is 24.2 Å².